The van der Waals surface area contributed by atoms with Crippen molar-refractivity contribution in [3.63, 3.8) is 0 Å². The second kappa shape index (κ2) is 15.2. The standard InChI is InChI=1S/C52H56N3O.Pt/c1-49(2,3)37-23-21-33(22-24-37)34-25-26-53-44(30-34)36-27-35(28-38(29-36)50(4,5)6)41-19-16-20-45-46(41)54-48(55(45)40-17-14-13-15-18-40)42-31-39(51(7,8)9)32-43(47(42)56)52(10,11)12;/h13-26,28-32,56H,1-12H3;/q-1;/i1D3,2D3,3D3;. The molecule has 5 heteroatoms. The molecule has 0 amide bonds. The van der Waals surface area contributed by atoms with E-state index in [0.29, 0.717) is 33.8 Å². The minimum Gasteiger partial charge on any atom is -0.507 e. The largest absolute Gasteiger partial charge is 0.507 e. The number of nitrogens with zero attached hydrogens (tertiary/aromatic N) is 3. The summed E-state index contributed by atoms with van der Waals surface area (Å²) in [6.07, 6.45) is 1.66. The van der Waals surface area contributed by atoms with Gasteiger partial charge in [-0.15, -0.1) is 29.3 Å². The van der Waals surface area contributed by atoms with Crippen molar-refractivity contribution in [1.82, 2.24) is 14.5 Å². The van der Waals surface area contributed by atoms with E-state index in [1.807, 2.05) is 54.6 Å². The molecular weight excluding hydrogens is 878 g/mol. The van der Waals surface area contributed by atoms with Crippen LogP contribution >= 0.6 is 0 Å². The molecule has 0 aliphatic carbocycles. The zero-order valence-electron chi connectivity index (χ0n) is 43.1. The van der Waals surface area contributed by atoms with Crippen LogP contribution in [0.1, 0.15) is 117 Å². The molecule has 0 fully saturated rings. The maximum atomic E-state index is 12.2. The van der Waals surface area contributed by atoms with Gasteiger partial charge in [0.25, 0.3) is 0 Å². The molecule has 0 atom stereocenters. The monoisotopic (exact) mass is 942 g/mol. The summed E-state index contributed by atoms with van der Waals surface area (Å²) in [5.74, 6) is 0.795. The van der Waals surface area contributed by atoms with E-state index in [2.05, 4.69) is 97.2 Å². The van der Waals surface area contributed by atoms with Crippen molar-refractivity contribution in [3.05, 3.63) is 144 Å². The van der Waals surface area contributed by atoms with Crippen LogP contribution in [-0.2, 0) is 42.7 Å². The number of hydrogen-bond acceptors (Lipinski definition) is 3. The van der Waals surface area contributed by atoms with Gasteiger partial charge in [0.05, 0.1) is 16.6 Å². The Morgan fingerprint density at radius 1 is 0.596 bits per heavy atom. The van der Waals surface area contributed by atoms with Gasteiger partial charge >= 0.3 is 0 Å². The van der Waals surface area contributed by atoms with Crippen molar-refractivity contribution in [2.24, 2.45) is 0 Å². The predicted molar refractivity (Wildman–Crippen MR) is 236 cm³/mol. The Kier molecular flexibility index (Phi) is 8.32. The average Bonchev–Trinajstić information content (AvgIpc) is 3.58. The number of fused-ring (bicyclic) bond motifs is 1. The third-order valence-electron chi connectivity index (χ3n) is 10.4. The molecule has 0 spiro atoms. The first kappa shape index (κ1) is 31.2. The molecule has 7 rings (SSSR count). The number of aromatic hydroxyl groups is 1. The van der Waals surface area contributed by atoms with Crippen LogP contribution in [-0.4, -0.2) is 19.6 Å². The molecule has 4 nitrogen and oxygen atoms in total. The Labute approximate surface area is 367 Å². The van der Waals surface area contributed by atoms with Gasteiger partial charge in [0, 0.05) is 56.5 Å². The maximum Gasteiger partial charge on any atom is 0.148 e. The maximum absolute atomic E-state index is 12.2. The van der Waals surface area contributed by atoms with Gasteiger partial charge in [-0.3, -0.25) is 9.55 Å². The topological polar surface area (TPSA) is 50.9 Å². The molecule has 0 bridgehead atoms. The summed E-state index contributed by atoms with van der Waals surface area (Å²) < 4.78 is 75.5. The molecule has 296 valence electrons. The molecule has 0 radical (unpaired) electrons. The summed E-state index contributed by atoms with van der Waals surface area (Å²) in [5, 5.41) is 12.2. The first-order valence-corrected chi connectivity index (χ1v) is 19.1. The number of hydrogen-bond donors (Lipinski definition) is 1. The van der Waals surface area contributed by atoms with Crippen LogP contribution in [0.4, 0.5) is 0 Å². The van der Waals surface area contributed by atoms with E-state index in [1.165, 1.54) is 12.1 Å². The van der Waals surface area contributed by atoms with Gasteiger partial charge in [-0.25, -0.2) is 4.98 Å². The van der Waals surface area contributed by atoms with E-state index in [0.717, 1.165) is 44.5 Å². The summed E-state index contributed by atoms with van der Waals surface area (Å²) in [6.45, 7) is 9.14. The smallest absolute Gasteiger partial charge is 0.148 e. The van der Waals surface area contributed by atoms with Crippen molar-refractivity contribution in [2.75, 3.05) is 0 Å². The average molecular weight is 943 g/mol. The molecule has 0 unspecified atom stereocenters. The molecule has 5 aromatic carbocycles. The van der Waals surface area contributed by atoms with E-state index in [9.17, 15) is 5.11 Å². The fourth-order valence-corrected chi connectivity index (χ4v) is 7.10. The summed E-state index contributed by atoms with van der Waals surface area (Å²) in [7, 11) is 0. The first-order chi connectivity index (χ1) is 29.9. The minimum atomic E-state index is -3.36. The SMILES string of the molecule is [2H]C([2H])([2H])C(c1ccc(-c2ccnc(-c3[c-]c(-c4cccc5c4nc(-c4cc(C(C)(C)C)cc(C(C)(C)C)c4O)n5-c4ccccc4)cc(C(C)(C)C)c3)c2)cc1)(C([2H])([2H])[2H])C([2H])([2H])[2H].[Pt]. The number of rotatable bonds is 5. The number of benzene rings is 5. The second-order valence-corrected chi connectivity index (χ2v) is 17.9. The van der Waals surface area contributed by atoms with Gasteiger partial charge in [0.15, 0.2) is 0 Å². The van der Waals surface area contributed by atoms with Gasteiger partial charge in [0.1, 0.15) is 11.6 Å². The predicted octanol–water partition coefficient (Wildman–Crippen LogP) is 13.8. The van der Waals surface area contributed by atoms with Crippen LogP contribution in [0.5, 0.6) is 5.75 Å². The summed E-state index contributed by atoms with van der Waals surface area (Å²) in [4.78, 5) is 10.2. The van der Waals surface area contributed by atoms with Crippen LogP contribution in [0, 0.1) is 6.07 Å². The molecule has 0 saturated heterocycles. The van der Waals surface area contributed by atoms with Crippen molar-refractivity contribution < 1.29 is 38.5 Å². The number of para-hydroxylation sites is 2. The van der Waals surface area contributed by atoms with Crippen molar-refractivity contribution >= 4 is 11.0 Å². The van der Waals surface area contributed by atoms with Gasteiger partial charge in [-0.2, -0.15) is 0 Å². The molecule has 2 heterocycles. The van der Waals surface area contributed by atoms with Crippen molar-refractivity contribution in [1.29, 1.82) is 0 Å². The second-order valence-electron chi connectivity index (χ2n) is 17.9. The van der Waals surface area contributed by atoms with Crippen molar-refractivity contribution in [2.45, 2.75) is 105 Å². The zero-order chi connectivity index (χ0) is 47.9. The Morgan fingerprint density at radius 2 is 1.25 bits per heavy atom. The third kappa shape index (κ3) is 8.44. The molecule has 7 aromatic rings. The van der Waals surface area contributed by atoms with Crippen LogP contribution in [0.15, 0.2) is 115 Å². The van der Waals surface area contributed by atoms with Crippen LogP contribution in [0.3, 0.4) is 0 Å². The Bertz CT molecular complexity index is 2860. The van der Waals surface area contributed by atoms with Gasteiger partial charge in [0.2, 0.25) is 0 Å². The van der Waals surface area contributed by atoms with Crippen molar-refractivity contribution in [3.8, 4) is 56.3 Å². The third-order valence-corrected chi connectivity index (χ3v) is 10.4. The molecule has 1 N–H and O–H groups in total. The number of phenols is 1. The van der Waals surface area contributed by atoms with E-state index < -0.39 is 26.0 Å². The van der Waals surface area contributed by atoms with Gasteiger partial charge in [-0.1, -0.05) is 161 Å². The van der Waals surface area contributed by atoms with Crippen LogP contribution in [0.25, 0.3) is 61.6 Å². The van der Waals surface area contributed by atoms with Crippen LogP contribution in [0.2, 0.25) is 0 Å². The van der Waals surface area contributed by atoms with E-state index >= 15 is 0 Å². The molecule has 0 aliphatic rings. The zero-order valence-corrected chi connectivity index (χ0v) is 36.3. The van der Waals surface area contributed by atoms with Crippen LogP contribution < -0.4 is 0 Å². The van der Waals surface area contributed by atoms with E-state index in [4.69, 9.17) is 22.3 Å². The fraction of sp³-hybridized carbons (Fsp3) is 0.308. The number of aromatic nitrogens is 3. The normalized spacial score (nSPS) is 15.5. The Morgan fingerprint density at radius 3 is 1.88 bits per heavy atom. The molecule has 57 heavy (non-hydrogen) atoms. The Balaban J connectivity index is 0.00000720. The van der Waals surface area contributed by atoms with Gasteiger partial charge in [-0.05, 0) is 74.2 Å². The molecule has 0 saturated carbocycles. The molecule has 2 aromatic heterocycles. The first-order valence-electron chi connectivity index (χ1n) is 23.6. The number of phenolic OH excluding ortho intramolecular Hbond substituents is 1. The summed E-state index contributed by atoms with van der Waals surface area (Å²) in [5.41, 5.74) is 6.01. The van der Waals surface area contributed by atoms with E-state index in [-0.39, 0.29) is 48.6 Å². The number of pyridine rings is 1. The fourth-order valence-electron chi connectivity index (χ4n) is 7.10. The summed E-state index contributed by atoms with van der Waals surface area (Å²) >= 11 is 0. The molecule has 0 aliphatic heterocycles. The summed E-state index contributed by atoms with van der Waals surface area (Å²) in [6, 6.07) is 37.5. The quantitative estimate of drug-likeness (QED) is 0.175. The number of imidazole rings is 1. The van der Waals surface area contributed by atoms with E-state index in [1.54, 1.807) is 24.4 Å². The van der Waals surface area contributed by atoms with Gasteiger partial charge < -0.3 is 5.11 Å². The Hall–Kier alpha value is -4.79. The molecular formula is C52H56N3OPt-. The minimum absolute atomic E-state index is 0.